The number of aliphatic hydroxyl groups is 2. The Balaban J connectivity index is 1.78. The van der Waals surface area contributed by atoms with Gasteiger partial charge in [-0.1, -0.05) is 0 Å². The third-order valence-corrected chi connectivity index (χ3v) is 4.75. The number of likely N-dealkylation sites (tertiary alicyclic amines) is 2. The molecule has 3 rings (SSSR count). The minimum absolute atomic E-state index is 0.0238. The van der Waals surface area contributed by atoms with Gasteiger partial charge in [0, 0.05) is 26.9 Å². The van der Waals surface area contributed by atoms with Crippen molar-refractivity contribution in [3.8, 4) is 0 Å². The molecule has 2 N–H and O–H groups in total. The Morgan fingerprint density at radius 3 is 1.59 bits per heavy atom. The number of rotatable bonds is 0. The predicted octanol–water partition coefficient (Wildman–Crippen LogP) is -1.35. The Bertz CT molecular complexity index is 456. The molecule has 8 heteroatoms. The van der Waals surface area contributed by atoms with E-state index in [0.717, 1.165) is 0 Å². The molecule has 3 aliphatic heterocycles. The molecular weight excluding hydrogens is 292 g/mol. The monoisotopic (exact) mass is 314 g/mol. The Morgan fingerprint density at radius 1 is 0.909 bits per heavy atom. The van der Waals surface area contributed by atoms with E-state index < -0.39 is 23.8 Å². The molecule has 0 unspecified atom stereocenters. The first-order valence-corrected chi connectivity index (χ1v) is 7.55. The Morgan fingerprint density at radius 2 is 1.27 bits per heavy atom. The normalized spacial score (nSPS) is 41.6. The molecule has 0 aromatic rings. The second-order valence-electron chi connectivity index (χ2n) is 6.36. The fraction of sp³-hybridized carbons (Fsp3) is 0.857. The van der Waals surface area contributed by atoms with Crippen LogP contribution in [0.4, 0.5) is 0 Å². The van der Waals surface area contributed by atoms with Crippen molar-refractivity contribution in [3.63, 3.8) is 0 Å². The molecule has 124 valence electrons. The van der Waals surface area contributed by atoms with E-state index in [-0.39, 0.29) is 24.9 Å². The zero-order chi connectivity index (χ0) is 16.1. The highest BCUT2D eigenvalue weighted by molar-refractivity contribution is 5.73. The van der Waals surface area contributed by atoms with E-state index in [0.29, 0.717) is 25.9 Å². The van der Waals surface area contributed by atoms with E-state index in [1.807, 2.05) is 0 Å². The predicted molar refractivity (Wildman–Crippen MR) is 73.4 cm³/mol. The second-order valence-corrected chi connectivity index (χ2v) is 6.36. The molecule has 3 heterocycles. The maximum atomic E-state index is 11.5. The number of ether oxygens (including phenoxy) is 2. The zero-order valence-corrected chi connectivity index (χ0v) is 12.8. The topological polar surface area (TPSA) is 99.5 Å². The summed E-state index contributed by atoms with van der Waals surface area (Å²) in [6, 6.07) is 0. The van der Waals surface area contributed by atoms with Crippen LogP contribution in [0, 0.1) is 0 Å². The van der Waals surface area contributed by atoms with Crippen LogP contribution >= 0.6 is 0 Å². The minimum atomic E-state index is -1.61. The van der Waals surface area contributed by atoms with Gasteiger partial charge in [-0.2, -0.15) is 0 Å². The van der Waals surface area contributed by atoms with Crippen LogP contribution in [-0.4, -0.2) is 81.8 Å². The molecule has 3 aliphatic rings. The molecule has 3 fully saturated rings. The molecular formula is C14H22N2O6. The highest BCUT2D eigenvalue weighted by Gasteiger charge is 2.59. The van der Waals surface area contributed by atoms with Gasteiger partial charge in [-0.05, 0) is 12.8 Å². The van der Waals surface area contributed by atoms with Crippen LogP contribution in [0.15, 0.2) is 0 Å². The Kier molecular flexibility index (Phi) is 3.67. The number of hydrogen-bond acceptors (Lipinski definition) is 6. The molecule has 2 amide bonds. The summed E-state index contributed by atoms with van der Waals surface area (Å²) < 4.78 is 11.5. The summed E-state index contributed by atoms with van der Waals surface area (Å²) in [5.41, 5.74) is 0. The first-order valence-electron chi connectivity index (χ1n) is 7.55. The van der Waals surface area contributed by atoms with Gasteiger partial charge in [-0.3, -0.25) is 9.59 Å². The van der Waals surface area contributed by atoms with Crippen LogP contribution in [0.25, 0.3) is 0 Å². The zero-order valence-electron chi connectivity index (χ0n) is 12.8. The molecule has 0 aliphatic carbocycles. The molecule has 0 aromatic heterocycles. The minimum Gasteiger partial charge on any atom is -0.362 e. The summed E-state index contributed by atoms with van der Waals surface area (Å²) in [5, 5.41) is 21.4. The van der Waals surface area contributed by atoms with Gasteiger partial charge in [0.15, 0.2) is 0 Å². The Hall–Kier alpha value is -1.22. The van der Waals surface area contributed by atoms with Crippen LogP contribution in [-0.2, 0) is 19.1 Å². The summed E-state index contributed by atoms with van der Waals surface area (Å²) in [5.74, 6) is -3.50. The van der Waals surface area contributed by atoms with Gasteiger partial charge >= 0.3 is 0 Å². The Labute approximate surface area is 128 Å². The lowest BCUT2D eigenvalue weighted by Crippen LogP contribution is -2.73. The molecule has 8 nitrogen and oxygen atoms in total. The average molecular weight is 314 g/mol. The van der Waals surface area contributed by atoms with Crippen molar-refractivity contribution in [1.29, 1.82) is 0 Å². The van der Waals surface area contributed by atoms with Crippen LogP contribution in [0.5, 0.6) is 0 Å². The van der Waals surface area contributed by atoms with E-state index in [1.165, 1.54) is 23.6 Å². The van der Waals surface area contributed by atoms with Crippen molar-refractivity contribution >= 4 is 11.8 Å². The molecule has 3 saturated heterocycles. The van der Waals surface area contributed by atoms with Gasteiger partial charge in [0.05, 0.1) is 13.1 Å². The summed E-state index contributed by atoms with van der Waals surface area (Å²) in [4.78, 5) is 26.0. The number of piperidine rings is 2. The molecule has 0 radical (unpaired) electrons. The SMILES string of the molecule is CC(=O)N1CC[C@@H]2O[C@]3(O)CN(C(C)=O)CC[C@@H]3O[C@]2(O)C1. The number of fused-ring (bicyclic) bond motifs is 2. The molecule has 4 atom stereocenters. The van der Waals surface area contributed by atoms with Gasteiger partial charge in [-0.15, -0.1) is 0 Å². The third kappa shape index (κ3) is 2.50. The standard InChI is InChI=1S/C14H22N2O6/c1-9(17)15-5-3-11-13(19,7-15)21-12-4-6-16(10(2)18)8-14(12,20)22-11/h11-12,19-20H,3-8H2,1-2H3/t11-,12-,13+,14+/m0/s1. The number of β-amino-alcohol motifs (C(OH)–C–C–N with tert-alkyl or cyclic N) is 2. The van der Waals surface area contributed by atoms with E-state index in [4.69, 9.17) is 9.47 Å². The number of hydrogen-bond donors (Lipinski definition) is 2. The number of amides is 2. The summed E-state index contributed by atoms with van der Waals surface area (Å²) >= 11 is 0. The maximum absolute atomic E-state index is 11.5. The van der Waals surface area contributed by atoms with Crippen molar-refractivity contribution < 1.29 is 29.3 Å². The lowest BCUT2D eigenvalue weighted by atomic mass is 9.92. The van der Waals surface area contributed by atoms with Gasteiger partial charge < -0.3 is 29.5 Å². The molecule has 0 spiro atoms. The van der Waals surface area contributed by atoms with Crippen molar-refractivity contribution in [3.05, 3.63) is 0 Å². The number of carbonyl (C=O) groups is 2. The molecule has 0 saturated carbocycles. The van der Waals surface area contributed by atoms with E-state index >= 15 is 0 Å². The van der Waals surface area contributed by atoms with Crippen LogP contribution in [0.1, 0.15) is 26.7 Å². The van der Waals surface area contributed by atoms with Gasteiger partial charge in [-0.25, -0.2) is 0 Å². The van der Waals surface area contributed by atoms with E-state index in [2.05, 4.69) is 0 Å². The summed E-state index contributed by atoms with van der Waals surface area (Å²) in [6.45, 7) is 3.79. The summed E-state index contributed by atoms with van der Waals surface area (Å²) in [6.07, 6.45) is -0.719. The number of nitrogens with zero attached hydrogens (tertiary/aromatic N) is 2. The fourth-order valence-corrected chi connectivity index (χ4v) is 3.46. The van der Waals surface area contributed by atoms with E-state index in [9.17, 15) is 19.8 Å². The molecule has 0 aromatic carbocycles. The van der Waals surface area contributed by atoms with Crippen LogP contribution in [0.3, 0.4) is 0 Å². The maximum Gasteiger partial charge on any atom is 0.219 e. The van der Waals surface area contributed by atoms with Crippen molar-refractivity contribution in [2.45, 2.75) is 50.5 Å². The van der Waals surface area contributed by atoms with Gasteiger partial charge in [0.2, 0.25) is 23.4 Å². The molecule has 22 heavy (non-hydrogen) atoms. The van der Waals surface area contributed by atoms with Gasteiger partial charge in [0.1, 0.15) is 12.2 Å². The molecule has 0 bridgehead atoms. The van der Waals surface area contributed by atoms with Gasteiger partial charge in [0.25, 0.3) is 0 Å². The smallest absolute Gasteiger partial charge is 0.219 e. The average Bonchev–Trinajstić information content (AvgIpc) is 2.43. The highest BCUT2D eigenvalue weighted by Crippen LogP contribution is 2.40. The second kappa shape index (κ2) is 5.16. The quantitative estimate of drug-likeness (QED) is 0.574. The lowest BCUT2D eigenvalue weighted by molar-refractivity contribution is -0.437. The highest BCUT2D eigenvalue weighted by atomic mass is 16.7. The fourth-order valence-electron chi connectivity index (χ4n) is 3.46. The van der Waals surface area contributed by atoms with Crippen LogP contribution in [0.2, 0.25) is 0 Å². The van der Waals surface area contributed by atoms with E-state index in [1.54, 1.807) is 0 Å². The lowest BCUT2D eigenvalue weighted by Gasteiger charge is -2.56. The van der Waals surface area contributed by atoms with Crippen molar-refractivity contribution in [2.24, 2.45) is 0 Å². The summed E-state index contributed by atoms with van der Waals surface area (Å²) in [7, 11) is 0. The van der Waals surface area contributed by atoms with Crippen molar-refractivity contribution in [2.75, 3.05) is 26.2 Å². The number of carbonyl (C=O) groups excluding carboxylic acids is 2. The largest absolute Gasteiger partial charge is 0.362 e. The van der Waals surface area contributed by atoms with Crippen LogP contribution < -0.4 is 0 Å². The first-order chi connectivity index (χ1) is 10.2. The first kappa shape index (κ1) is 15.7. The third-order valence-electron chi connectivity index (χ3n) is 4.75. The van der Waals surface area contributed by atoms with Crippen molar-refractivity contribution in [1.82, 2.24) is 9.80 Å².